The molecule has 2 N–H and O–H groups in total. The van der Waals surface area contributed by atoms with Crippen molar-refractivity contribution in [1.82, 2.24) is 4.98 Å². The van der Waals surface area contributed by atoms with E-state index < -0.39 is 0 Å². The molecule has 0 radical (unpaired) electrons. The van der Waals surface area contributed by atoms with E-state index in [-0.39, 0.29) is 0 Å². The molecule has 16 heavy (non-hydrogen) atoms. The standard InChI is InChI=1S/C12H12N2OS/c1-15-10-3-5-11(6-4-10)16-12-7-2-9(13)8-14-12/h2-8H,13H2,1H3. The summed E-state index contributed by atoms with van der Waals surface area (Å²) >= 11 is 1.59. The van der Waals surface area contributed by atoms with Crippen molar-refractivity contribution in [2.75, 3.05) is 12.8 Å². The van der Waals surface area contributed by atoms with Crippen molar-refractivity contribution < 1.29 is 4.74 Å². The second-order valence-electron chi connectivity index (χ2n) is 3.21. The fourth-order valence-corrected chi connectivity index (χ4v) is 1.97. The van der Waals surface area contributed by atoms with Crippen molar-refractivity contribution in [2.24, 2.45) is 0 Å². The molecule has 0 bridgehead atoms. The van der Waals surface area contributed by atoms with E-state index in [0.717, 1.165) is 15.7 Å². The predicted octanol–water partition coefficient (Wildman–Crippen LogP) is 2.82. The Hall–Kier alpha value is -1.68. The average Bonchev–Trinajstić information content (AvgIpc) is 2.33. The number of nitrogens with two attached hydrogens (primary N) is 1. The van der Waals surface area contributed by atoms with Crippen LogP contribution in [0.25, 0.3) is 0 Å². The highest BCUT2D eigenvalue weighted by Crippen LogP contribution is 2.27. The zero-order valence-corrected chi connectivity index (χ0v) is 9.70. The molecule has 3 nitrogen and oxygen atoms in total. The van der Waals surface area contributed by atoms with E-state index in [0.29, 0.717) is 5.69 Å². The molecule has 1 aromatic carbocycles. The number of hydrogen-bond donors (Lipinski definition) is 1. The summed E-state index contributed by atoms with van der Waals surface area (Å²) in [4.78, 5) is 5.35. The van der Waals surface area contributed by atoms with Crippen LogP contribution in [0.3, 0.4) is 0 Å². The van der Waals surface area contributed by atoms with Gasteiger partial charge in [0.05, 0.1) is 19.0 Å². The van der Waals surface area contributed by atoms with E-state index in [1.807, 2.05) is 36.4 Å². The van der Waals surface area contributed by atoms with Gasteiger partial charge in [-0.25, -0.2) is 4.98 Å². The number of methoxy groups -OCH3 is 1. The Morgan fingerprint density at radius 1 is 1.12 bits per heavy atom. The van der Waals surface area contributed by atoms with Gasteiger partial charge in [-0.3, -0.25) is 0 Å². The van der Waals surface area contributed by atoms with Gasteiger partial charge in [0.2, 0.25) is 0 Å². The second kappa shape index (κ2) is 4.90. The molecule has 0 saturated carbocycles. The van der Waals surface area contributed by atoms with Gasteiger partial charge >= 0.3 is 0 Å². The van der Waals surface area contributed by atoms with Gasteiger partial charge in [0.25, 0.3) is 0 Å². The molecule has 82 valence electrons. The monoisotopic (exact) mass is 232 g/mol. The number of anilines is 1. The van der Waals surface area contributed by atoms with Gasteiger partial charge in [-0.05, 0) is 36.4 Å². The number of nitrogens with zero attached hydrogens (tertiary/aromatic N) is 1. The van der Waals surface area contributed by atoms with E-state index in [2.05, 4.69) is 4.98 Å². The van der Waals surface area contributed by atoms with E-state index in [1.54, 1.807) is 25.1 Å². The van der Waals surface area contributed by atoms with E-state index in [4.69, 9.17) is 10.5 Å². The Labute approximate surface area is 98.6 Å². The van der Waals surface area contributed by atoms with E-state index in [1.165, 1.54) is 0 Å². The fraction of sp³-hybridized carbons (Fsp3) is 0.0833. The van der Waals surface area contributed by atoms with Gasteiger partial charge in [0, 0.05) is 4.90 Å². The first-order chi connectivity index (χ1) is 7.78. The van der Waals surface area contributed by atoms with Crippen LogP contribution in [0.4, 0.5) is 5.69 Å². The highest BCUT2D eigenvalue weighted by Gasteiger charge is 1.99. The third-order valence-electron chi connectivity index (χ3n) is 2.04. The lowest BCUT2D eigenvalue weighted by atomic mass is 10.3. The first-order valence-electron chi connectivity index (χ1n) is 4.81. The Morgan fingerprint density at radius 3 is 2.44 bits per heavy atom. The molecule has 0 atom stereocenters. The SMILES string of the molecule is COc1ccc(Sc2ccc(N)cn2)cc1. The van der Waals surface area contributed by atoms with Crippen LogP contribution >= 0.6 is 11.8 Å². The second-order valence-corrected chi connectivity index (χ2v) is 4.30. The maximum Gasteiger partial charge on any atom is 0.118 e. The van der Waals surface area contributed by atoms with Gasteiger partial charge in [0.15, 0.2) is 0 Å². The minimum absolute atomic E-state index is 0.680. The number of pyridine rings is 1. The lowest BCUT2D eigenvalue weighted by Gasteiger charge is -2.03. The van der Waals surface area contributed by atoms with Crippen LogP contribution in [0.1, 0.15) is 0 Å². The van der Waals surface area contributed by atoms with E-state index >= 15 is 0 Å². The van der Waals surface area contributed by atoms with Crippen molar-refractivity contribution in [3.05, 3.63) is 42.6 Å². The van der Waals surface area contributed by atoms with Crippen LogP contribution in [0.2, 0.25) is 0 Å². The van der Waals surface area contributed by atoms with Gasteiger partial charge < -0.3 is 10.5 Å². The number of nitrogen functional groups attached to an aromatic ring is 1. The molecule has 2 aromatic rings. The van der Waals surface area contributed by atoms with Gasteiger partial charge in [-0.1, -0.05) is 11.8 Å². The lowest BCUT2D eigenvalue weighted by molar-refractivity contribution is 0.414. The molecule has 0 amide bonds. The topological polar surface area (TPSA) is 48.1 Å². The van der Waals surface area contributed by atoms with Crippen LogP contribution in [-0.4, -0.2) is 12.1 Å². The highest BCUT2D eigenvalue weighted by molar-refractivity contribution is 7.99. The number of ether oxygens (including phenoxy) is 1. The van der Waals surface area contributed by atoms with Crippen molar-refractivity contribution in [2.45, 2.75) is 9.92 Å². The molecule has 0 aliphatic rings. The number of rotatable bonds is 3. The van der Waals surface area contributed by atoms with Crippen molar-refractivity contribution in [1.29, 1.82) is 0 Å². The summed E-state index contributed by atoms with van der Waals surface area (Å²) in [6.07, 6.45) is 1.66. The van der Waals surface area contributed by atoms with Crippen molar-refractivity contribution >= 4 is 17.4 Å². The third kappa shape index (κ3) is 2.67. The normalized spacial score (nSPS) is 10.1. The summed E-state index contributed by atoms with van der Waals surface area (Å²) in [6.45, 7) is 0. The molecule has 0 aliphatic heterocycles. The van der Waals surface area contributed by atoms with E-state index in [9.17, 15) is 0 Å². The predicted molar refractivity (Wildman–Crippen MR) is 65.8 cm³/mol. The maximum atomic E-state index is 5.57. The van der Waals surface area contributed by atoms with Crippen molar-refractivity contribution in [3.8, 4) is 5.75 Å². The molecule has 4 heteroatoms. The molecule has 0 saturated heterocycles. The van der Waals surface area contributed by atoms with Gasteiger partial charge in [-0.2, -0.15) is 0 Å². The molecule has 0 aliphatic carbocycles. The first-order valence-corrected chi connectivity index (χ1v) is 5.63. The average molecular weight is 232 g/mol. The Balaban J connectivity index is 2.11. The minimum atomic E-state index is 0.680. The molecule has 2 rings (SSSR count). The Kier molecular flexibility index (Phi) is 3.31. The summed E-state index contributed by atoms with van der Waals surface area (Å²) in [5.74, 6) is 0.856. The van der Waals surface area contributed by atoms with Crippen LogP contribution < -0.4 is 10.5 Å². The van der Waals surface area contributed by atoms with Crippen LogP contribution in [0, 0.1) is 0 Å². The lowest BCUT2D eigenvalue weighted by Crippen LogP contribution is -1.86. The van der Waals surface area contributed by atoms with Crippen LogP contribution in [0.5, 0.6) is 5.75 Å². The molecule has 0 unspecified atom stereocenters. The Bertz CT molecular complexity index is 453. The summed E-state index contributed by atoms with van der Waals surface area (Å²) in [5.41, 5.74) is 6.25. The van der Waals surface area contributed by atoms with Crippen molar-refractivity contribution in [3.63, 3.8) is 0 Å². The number of aromatic nitrogens is 1. The first kappa shape index (κ1) is 10.8. The zero-order chi connectivity index (χ0) is 11.4. The minimum Gasteiger partial charge on any atom is -0.497 e. The van der Waals surface area contributed by atoms with Gasteiger partial charge in [0.1, 0.15) is 10.8 Å². The molecule has 0 fully saturated rings. The fourth-order valence-electron chi connectivity index (χ4n) is 1.22. The quantitative estimate of drug-likeness (QED) is 0.884. The zero-order valence-electron chi connectivity index (χ0n) is 8.88. The highest BCUT2D eigenvalue weighted by atomic mass is 32.2. The molecule has 1 aromatic heterocycles. The molecular weight excluding hydrogens is 220 g/mol. The molecule has 0 spiro atoms. The van der Waals surface area contributed by atoms with Crippen LogP contribution in [-0.2, 0) is 0 Å². The smallest absolute Gasteiger partial charge is 0.118 e. The Morgan fingerprint density at radius 2 is 1.88 bits per heavy atom. The number of benzene rings is 1. The summed E-state index contributed by atoms with van der Waals surface area (Å²) in [7, 11) is 1.66. The van der Waals surface area contributed by atoms with Gasteiger partial charge in [-0.15, -0.1) is 0 Å². The molecular formula is C12H12N2OS. The summed E-state index contributed by atoms with van der Waals surface area (Å²) < 4.78 is 5.09. The third-order valence-corrected chi connectivity index (χ3v) is 3.00. The summed E-state index contributed by atoms with van der Waals surface area (Å²) in [5, 5.41) is 0.930. The summed E-state index contributed by atoms with van der Waals surface area (Å²) in [6, 6.07) is 11.6. The maximum absolute atomic E-state index is 5.57. The largest absolute Gasteiger partial charge is 0.497 e. The number of hydrogen-bond acceptors (Lipinski definition) is 4. The molecule has 1 heterocycles. The van der Waals surface area contributed by atoms with Crippen LogP contribution in [0.15, 0.2) is 52.5 Å².